The first-order chi connectivity index (χ1) is 5.58. The number of hydrogen-bond donors (Lipinski definition) is 1. The number of carboxylic acid groups (broad SMARTS) is 1. The predicted octanol–water partition coefficient (Wildman–Crippen LogP) is 1.00. The maximum Gasteiger partial charge on any atom is 0.308 e. The normalized spacial score (nSPS) is 36.3. The first-order valence-corrected chi connectivity index (χ1v) is 4.10. The van der Waals surface area contributed by atoms with Gasteiger partial charge in [0.05, 0.1) is 18.6 Å². The molecule has 1 aliphatic rings. The molecule has 0 aromatic heterocycles. The molecule has 1 aliphatic heterocycles. The second-order valence-corrected chi connectivity index (χ2v) is 3.16. The van der Waals surface area contributed by atoms with Crippen LogP contribution in [0.2, 0.25) is 0 Å². The zero-order valence-corrected chi connectivity index (χ0v) is 7.32. The molecule has 2 unspecified atom stereocenters. The number of aliphatic carboxylic acids is 1. The average Bonchev–Trinajstić information content (AvgIpc) is 1.81. The van der Waals surface area contributed by atoms with E-state index in [1.165, 1.54) is 0 Å². The first-order valence-electron chi connectivity index (χ1n) is 4.10. The molecule has 0 amide bonds. The Morgan fingerprint density at radius 2 is 1.92 bits per heavy atom. The molecule has 1 saturated heterocycles. The molecule has 1 heterocycles. The van der Waals surface area contributed by atoms with Crippen LogP contribution < -0.4 is 0 Å². The third-order valence-electron chi connectivity index (χ3n) is 1.77. The standard InChI is InChI=1S/C8H14O4/c1-5-3-6(2)12-8(11-5)4-7(9)10/h5-6,8H,3-4H2,1-2H3,(H,9,10). The Hall–Kier alpha value is -0.610. The minimum absolute atomic E-state index is 0.0747. The van der Waals surface area contributed by atoms with Crippen LogP contribution in [0, 0.1) is 0 Å². The van der Waals surface area contributed by atoms with Crippen molar-refractivity contribution < 1.29 is 19.4 Å². The van der Waals surface area contributed by atoms with E-state index in [-0.39, 0.29) is 18.6 Å². The maximum atomic E-state index is 10.3. The highest BCUT2D eigenvalue weighted by molar-refractivity contribution is 5.67. The van der Waals surface area contributed by atoms with E-state index in [0.29, 0.717) is 0 Å². The van der Waals surface area contributed by atoms with Crippen molar-refractivity contribution in [2.45, 2.75) is 45.2 Å². The minimum atomic E-state index is -0.888. The summed E-state index contributed by atoms with van der Waals surface area (Å²) in [5, 5.41) is 8.48. The van der Waals surface area contributed by atoms with Gasteiger partial charge in [-0.15, -0.1) is 0 Å². The van der Waals surface area contributed by atoms with Crippen molar-refractivity contribution in [3.8, 4) is 0 Å². The van der Waals surface area contributed by atoms with Gasteiger partial charge in [0.1, 0.15) is 0 Å². The summed E-state index contributed by atoms with van der Waals surface area (Å²) in [5.74, 6) is -0.888. The van der Waals surface area contributed by atoms with Crippen LogP contribution in [0.15, 0.2) is 0 Å². The summed E-state index contributed by atoms with van der Waals surface area (Å²) < 4.78 is 10.5. The minimum Gasteiger partial charge on any atom is -0.481 e. The molecule has 1 rings (SSSR count). The summed E-state index contributed by atoms with van der Waals surface area (Å²) in [6.45, 7) is 3.85. The van der Waals surface area contributed by atoms with Gasteiger partial charge in [-0.1, -0.05) is 0 Å². The Labute approximate surface area is 71.5 Å². The number of ether oxygens (including phenoxy) is 2. The molecule has 0 bridgehead atoms. The van der Waals surface area contributed by atoms with Gasteiger partial charge in [-0.25, -0.2) is 0 Å². The second-order valence-electron chi connectivity index (χ2n) is 3.16. The van der Waals surface area contributed by atoms with Crippen molar-refractivity contribution >= 4 is 5.97 Å². The molecule has 2 atom stereocenters. The van der Waals surface area contributed by atoms with Gasteiger partial charge >= 0.3 is 5.97 Å². The maximum absolute atomic E-state index is 10.3. The molecule has 70 valence electrons. The van der Waals surface area contributed by atoms with E-state index < -0.39 is 12.3 Å². The van der Waals surface area contributed by atoms with E-state index in [4.69, 9.17) is 14.6 Å². The number of carboxylic acids is 1. The van der Waals surface area contributed by atoms with Crippen molar-refractivity contribution in [1.82, 2.24) is 0 Å². The fourth-order valence-electron chi connectivity index (χ4n) is 1.37. The van der Waals surface area contributed by atoms with Gasteiger partial charge in [0, 0.05) is 0 Å². The third kappa shape index (κ3) is 2.79. The van der Waals surface area contributed by atoms with E-state index in [9.17, 15) is 4.79 Å². The van der Waals surface area contributed by atoms with Crippen LogP contribution in [0.3, 0.4) is 0 Å². The predicted molar refractivity (Wildman–Crippen MR) is 41.8 cm³/mol. The van der Waals surface area contributed by atoms with Crippen LogP contribution in [0.25, 0.3) is 0 Å². The lowest BCUT2D eigenvalue weighted by atomic mass is 10.1. The first kappa shape index (κ1) is 9.48. The zero-order valence-electron chi connectivity index (χ0n) is 7.32. The van der Waals surface area contributed by atoms with Crippen molar-refractivity contribution in [1.29, 1.82) is 0 Å². The van der Waals surface area contributed by atoms with E-state index >= 15 is 0 Å². The van der Waals surface area contributed by atoms with E-state index in [2.05, 4.69) is 0 Å². The highest BCUT2D eigenvalue weighted by Crippen LogP contribution is 2.19. The molecule has 0 aliphatic carbocycles. The van der Waals surface area contributed by atoms with E-state index in [1.54, 1.807) is 0 Å². The van der Waals surface area contributed by atoms with Crippen LogP contribution in [0.1, 0.15) is 26.7 Å². The van der Waals surface area contributed by atoms with Gasteiger partial charge in [-0.2, -0.15) is 0 Å². The summed E-state index contributed by atoms with van der Waals surface area (Å²) in [4.78, 5) is 10.3. The van der Waals surface area contributed by atoms with Crippen molar-refractivity contribution in [3.05, 3.63) is 0 Å². The second kappa shape index (κ2) is 3.87. The largest absolute Gasteiger partial charge is 0.481 e. The third-order valence-corrected chi connectivity index (χ3v) is 1.77. The molecule has 0 aromatic carbocycles. The molecule has 0 saturated carbocycles. The number of carbonyl (C=O) groups is 1. The molecule has 0 radical (unpaired) electrons. The van der Waals surface area contributed by atoms with Gasteiger partial charge in [-0.3, -0.25) is 4.79 Å². The van der Waals surface area contributed by atoms with Crippen molar-refractivity contribution in [2.24, 2.45) is 0 Å². The molecule has 1 N–H and O–H groups in total. The van der Waals surface area contributed by atoms with Gasteiger partial charge in [0.25, 0.3) is 0 Å². The van der Waals surface area contributed by atoms with Gasteiger partial charge in [0.2, 0.25) is 0 Å². The molecule has 0 aromatic rings. The molecule has 4 nitrogen and oxygen atoms in total. The Kier molecular flexibility index (Phi) is 3.05. The lowest BCUT2D eigenvalue weighted by molar-refractivity contribution is -0.237. The van der Waals surface area contributed by atoms with Crippen LogP contribution in [-0.4, -0.2) is 29.6 Å². The molecule has 0 spiro atoms. The molecular formula is C8H14O4. The lowest BCUT2D eigenvalue weighted by Gasteiger charge is -2.31. The lowest BCUT2D eigenvalue weighted by Crippen LogP contribution is -2.36. The molecule has 4 heteroatoms. The quantitative estimate of drug-likeness (QED) is 0.678. The monoisotopic (exact) mass is 174 g/mol. The Bertz CT molecular complexity index is 158. The smallest absolute Gasteiger partial charge is 0.308 e. The SMILES string of the molecule is CC1CC(C)OC(CC(=O)O)O1. The molecular weight excluding hydrogens is 160 g/mol. The Balaban J connectivity index is 2.38. The molecule has 1 fully saturated rings. The van der Waals surface area contributed by atoms with Crippen LogP contribution in [-0.2, 0) is 14.3 Å². The summed E-state index contributed by atoms with van der Waals surface area (Å²) in [7, 11) is 0. The van der Waals surface area contributed by atoms with E-state index in [0.717, 1.165) is 6.42 Å². The van der Waals surface area contributed by atoms with Crippen LogP contribution in [0.5, 0.6) is 0 Å². The number of rotatable bonds is 2. The summed E-state index contributed by atoms with van der Waals surface area (Å²) in [5.41, 5.74) is 0. The highest BCUT2D eigenvalue weighted by Gasteiger charge is 2.26. The Morgan fingerprint density at radius 1 is 1.42 bits per heavy atom. The number of hydrogen-bond acceptors (Lipinski definition) is 3. The summed E-state index contributed by atoms with van der Waals surface area (Å²) in [6.07, 6.45) is 0.377. The molecule has 12 heavy (non-hydrogen) atoms. The van der Waals surface area contributed by atoms with Crippen LogP contribution >= 0.6 is 0 Å². The zero-order chi connectivity index (χ0) is 9.14. The van der Waals surface area contributed by atoms with Gasteiger partial charge in [-0.05, 0) is 20.3 Å². The summed E-state index contributed by atoms with van der Waals surface area (Å²) in [6, 6.07) is 0. The fourth-order valence-corrected chi connectivity index (χ4v) is 1.37. The fraction of sp³-hybridized carbons (Fsp3) is 0.875. The average molecular weight is 174 g/mol. The van der Waals surface area contributed by atoms with Crippen LogP contribution in [0.4, 0.5) is 0 Å². The highest BCUT2D eigenvalue weighted by atomic mass is 16.7. The van der Waals surface area contributed by atoms with Crippen molar-refractivity contribution in [2.75, 3.05) is 0 Å². The topological polar surface area (TPSA) is 55.8 Å². The van der Waals surface area contributed by atoms with E-state index in [1.807, 2.05) is 13.8 Å². The van der Waals surface area contributed by atoms with Gasteiger partial charge < -0.3 is 14.6 Å². The summed E-state index contributed by atoms with van der Waals surface area (Å²) >= 11 is 0. The Morgan fingerprint density at radius 3 is 2.33 bits per heavy atom. The van der Waals surface area contributed by atoms with Gasteiger partial charge in [0.15, 0.2) is 6.29 Å². The van der Waals surface area contributed by atoms with Crippen molar-refractivity contribution in [3.63, 3.8) is 0 Å².